The van der Waals surface area contributed by atoms with Gasteiger partial charge < -0.3 is 4.57 Å². The van der Waals surface area contributed by atoms with Gasteiger partial charge in [-0.15, -0.1) is 0 Å². The van der Waals surface area contributed by atoms with Crippen LogP contribution in [-0.2, 0) is 4.57 Å². The Morgan fingerprint density at radius 1 is 1.17 bits per heavy atom. The molecule has 3 heteroatoms. The van der Waals surface area contributed by atoms with E-state index in [4.69, 9.17) is 0 Å². The Kier molecular flexibility index (Phi) is 4.95. The molecule has 1 aromatic rings. The quantitative estimate of drug-likeness (QED) is 0.255. The number of rotatable bonds is 6. The molecule has 2 atom stereocenters. The smallest absolute Gasteiger partial charge is 0.150 e. The van der Waals surface area contributed by atoms with Crippen molar-refractivity contribution >= 4 is 35.0 Å². The van der Waals surface area contributed by atoms with Crippen molar-refractivity contribution in [2.45, 2.75) is 52.9 Å². The summed E-state index contributed by atoms with van der Waals surface area (Å²) in [6.45, 7) is 6.79. The minimum atomic E-state index is -2.39. The van der Waals surface area contributed by atoms with Crippen molar-refractivity contribution in [1.82, 2.24) is 0 Å². The Balaban J connectivity index is 1.96. The van der Waals surface area contributed by atoms with Gasteiger partial charge >= 0.3 is 0 Å². The van der Waals surface area contributed by atoms with Crippen LogP contribution >= 0.6 is 29.7 Å². The van der Waals surface area contributed by atoms with Crippen LogP contribution in [0.3, 0.4) is 0 Å². The molecule has 0 saturated heterocycles. The van der Waals surface area contributed by atoms with E-state index in [1.165, 1.54) is 40.2 Å². The van der Waals surface area contributed by atoms with Crippen LogP contribution in [0.15, 0.2) is 44.8 Å². The third-order valence-electron chi connectivity index (χ3n) is 5.64. The summed E-state index contributed by atoms with van der Waals surface area (Å²) in [4.78, 5) is 0. The van der Waals surface area contributed by atoms with Gasteiger partial charge in [0.05, 0.1) is 3.32 Å². The lowest BCUT2D eigenvalue weighted by Gasteiger charge is -2.29. The molecule has 2 aliphatic rings. The molecule has 2 bridgehead atoms. The minimum Gasteiger partial charge on any atom is -0.313 e. The zero-order valence-electron chi connectivity index (χ0n) is 14.4. The molecule has 0 N–H and O–H groups in total. The highest BCUT2D eigenvalue weighted by Gasteiger charge is 2.57. The number of allylic oxidation sites excluding steroid dienone is 2. The predicted octanol–water partition coefficient (Wildman–Crippen LogP) is 7.43. The number of unbranched alkanes of at least 4 members (excludes halogenated alkanes) is 3. The third-order valence-corrected chi connectivity index (χ3v) is 11.9. The summed E-state index contributed by atoms with van der Waals surface area (Å²) in [5.41, 5.74) is 4.03. The summed E-state index contributed by atoms with van der Waals surface area (Å²) in [5.74, 6) is 0. The van der Waals surface area contributed by atoms with Crippen LogP contribution in [0, 0.1) is 5.41 Å². The van der Waals surface area contributed by atoms with Crippen LogP contribution in [0.5, 0.6) is 0 Å². The highest BCUT2D eigenvalue weighted by Crippen LogP contribution is 2.82. The first-order valence-corrected chi connectivity index (χ1v) is 11.7. The van der Waals surface area contributed by atoms with Gasteiger partial charge in [0, 0.05) is 16.9 Å². The summed E-state index contributed by atoms with van der Waals surface area (Å²) >= 11 is 2.41. The maximum Gasteiger partial charge on any atom is 0.150 e. The fourth-order valence-corrected chi connectivity index (χ4v) is 10.3. The van der Waals surface area contributed by atoms with E-state index < -0.39 is 7.14 Å². The van der Waals surface area contributed by atoms with Gasteiger partial charge in [-0.3, -0.25) is 0 Å². The number of fused-ring (bicyclic) bond motifs is 2. The van der Waals surface area contributed by atoms with Crippen molar-refractivity contribution in [2.24, 2.45) is 5.41 Å². The van der Waals surface area contributed by atoms with E-state index in [-0.39, 0.29) is 5.41 Å². The number of benzene rings is 1. The average Bonchev–Trinajstić information content (AvgIpc) is 2.87. The summed E-state index contributed by atoms with van der Waals surface area (Å²) in [5, 5.41) is 1.15. The molecule has 0 spiro atoms. The van der Waals surface area contributed by atoms with Crippen LogP contribution in [0.2, 0.25) is 0 Å². The molecule has 2 aliphatic heterocycles. The first-order chi connectivity index (χ1) is 10.9. The van der Waals surface area contributed by atoms with Crippen molar-refractivity contribution in [3.05, 3.63) is 50.4 Å². The van der Waals surface area contributed by atoms with Gasteiger partial charge in [-0.25, -0.2) is 0 Å². The van der Waals surface area contributed by atoms with Gasteiger partial charge in [0.25, 0.3) is 0 Å². The Morgan fingerprint density at radius 3 is 2.52 bits per heavy atom. The summed E-state index contributed by atoms with van der Waals surface area (Å²) in [6.07, 6.45) is 7.05. The number of hydrogen-bond donors (Lipinski definition) is 0. The molecule has 124 valence electrons. The molecule has 0 amide bonds. The van der Waals surface area contributed by atoms with E-state index in [2.05, 4.69) is 67.6 Å². The SMILES string of the molecule is CCCCCCC1=C(I)P2(=O)CC1(C)C(C)=C2c1ccccc1. The zero-order valence-corrected chi connectivity index (χ0v) is 17.4. The van der Waals surface area contributed by atoms with Crippen molar-refractivity contribution in [3.63, 3.8) is 0 Å². The van der Waals surface area contributed by atoms with E-state index in [0.717, 1.165) is 23.5 Å². The lowest BCUT2D eigenvalue weighted by molar-refractivity contribution is 0.518. The van der Waals surface area contributed by atoms with Crippen molar-refractivity contribution < 1.29 is 4.57 Å². The normalized spacial score (nSPS) is 29.7. The molecule has 0 fully saturated rings. The number of hydrogen-bond acceptors (Lipinski definition) is 1. The van der Waals surface area contributed by atoms with Gasteiger partial charge in [0.15, 0.2) is 7.14 Å². The van der Waals surface area contributed by atoms with E-state index in [0.29, 0.717) is 0 Å². The highest BCUT2D eigenvalue weighted by atomic mass is 127. The molecule has 2 unspecified atom stereocenters. The van der Waals surface area contributed by atoms with Gasteiger partial charge in [0.1, 0.15) is 0 Å². The first kappa shape index (κ1) is 17.5. The Bertz CT molecular complexity index is 716. The maximum absolute atomic E-state index is 13.9. The molecule has 1 nitrogen and oxygen atoms in total. The molecule has 0 saturated carbocycles. The largest absolute Gasteiger partial charge is 0.313 e. The monoisotopic (exact) mass is 440 g/mol. The Morgan fingerprint density at radius 2 is 1.87 bits per heavy atom. The second kappa shape index (κ2) is 6.52. The van der Waals surface area contributed by atoms with E-state index in [1.807, 2.05) is 6.07 Å². The Hall–Kier alpha value is -0.340. The third kappa shape index (κ3) is 2.70. The van der Waals surface area contributed by atoms with Crippen LogP contribution in [0.1, 0.15) is 58.4 Å². The second-order valence-corrected chi connectivity index (χ2v) is 11.8. The molecule has 0 radical (unpaired) electrons. The zero-order chi connectivity index (χ0) is 16.7. The number of halogens is 1. The van der Waals surface area contributed by atoms with E-state index >= 15 is 0 Å². The Labute approximate surface area is 154 Å². The van der Waals surface area contributed by atoms with Crippen LogP contribution in [0.25, 0.3) is 5.31 Å². The lowest BCUT2D eigenvalue weighted by Crippen LogP contribution is -2.19. The summed E-state index contributed by atoms with van der Waals surface area (Å²) in [6, 6.07) is 10.4. The van der Waals surface area contributed by atoms with Crippen molar-refractivity contribution in [1.29, 1.82) is 0 Å². The fraction of sp³-hybridized carbons (Fsp3) is 0.500. The minimum absolute atomic E-state index is 0.0312. The standard InChI is InChI=1S/C20H26IOP/c1-4-5-6-10-13-17-19(21)23(22)14-20(17,3)15(2)18(23)16-11-8-7-9-12-16/h7-9,11-12H,4-6,10,13-14H2,1-3H3. The van der Waals surface area contributed by atoms with Crippen molar-refractivity contribution in [2.75, 3.05) is 6.16 Å². The summed E-state index contributed by atoms with van der Waals surface area (Å²) in [7, 11) is -2.39. The maximum atomic E-state index is 13.9. The average molecular weight is 440 g/mol. The molecule has 23 heavy (non-hydrogen) atoms. The van der Waals surface area contributed by atoms with Gasteiger partial charge in [-0.2, -0.15) is 0 Å². The predicted molar refractivity (Wildman–Crippen MR) is 109 cm³/mol. The molecular formula is C20H26IOP. The molecule has 1 aromatic carbocycles. The van der Waals surface area contributed by atoms with Crippen LogP contribution in [-0.4, -0.2) is 6.16 Å². The molecule has 0 aliphatic carbocycles. The fourth-order valence-electron chi connectivity index (χ4n) is 4.24. The van der Waals surface area contributed by atoms with Gasteiger partial charge in [-0.05, 0) is 53.5 Å². The van der Waals surface area contributed by atoms with Crippen LogP contribution in [0.4, 0.5) is 0 Å². The first-order valence-electron chi connectivity index (χ1n) is 8.71. The van der Waals surface area contributed by atoms with E-state index in [1.54, 1.807) is 0 Å². The van der Waals surface area contributed by atoms with Gasteiger partial charge in [-0.1, -0.05) is 69.0 Å². The van der Waals surface area contributed by atoms with E-state index in [9.17, 15) is 4.57 Å². The topological polar surface area (TPSA) is 17.1 Å². The van der Waals surface area contributed by atoms with Crippen LogP contribution < -0.4 is 0 Å². The molecular weight excluding hydrogens is 414 g/mol. The highest BCUT2D eigenvalue weighted by molar-refractivity contribution is 14.1. The van der Waals surface area contributed by atoms with Gasteiger partial charge in [0.2, 0.25) is 0 Å². The molecule has 2 heterocycles. The second-order valence-electron chi connectivity index (χ2n) is 7.15. The van der Waals surface area contributed by atoms with Crippen molar-refractivity contribution in [3.8, 4) is 0 Å². The lowest BCUT2D eigenvalue weighted by atomic mass is 9.76. The molecule has 3 rings (SSSR count). The molecule has 0 aromatic heterocycles. The summed E-state index contributed by atoms with van der Waals surface area (Å²) < 4.78 is 15.1.